The second-order valence-corrected chi connectivity index (χ2v) is 5.92. The third-order valence-corrected chi connectivity index (χ3v) is 4.23. The highest BCUT2D eigenvalue weighted by atomic mass is 79.9. The first-order chi connectivity index (χ1) is 10.2. The largest absolute Gasteiger partial charge is 0.493 e. The number of fused-ring (bicyclic) bond motifs is 1. The maximum atomic E-state index is 5.59. The van der Waals surface area contributed by atoms with Gasteiger partial charge in [-0.1, -0.05) is 0 Å². The fourth-order valence-corrected chi connectivity index (χ4v) is 3.07. The van der Waals surface area contributed by atoms with E-state index in [1.54, 1.807) is 14.2 Å². The number of nitrogens with zero attached hydrogens (tertiary/aromatic N) is 1. The number of ether oxygens (including phenoxy) is 2. The Morgan fingerprint density at radius 2 is 1.86 bits per heavy atom. The molecule has 0 aliphatic carbocycles. The Hall–Kier alpha value is -1.46. The Labute approximate surface area is 132 Å². The molecule has 3 rings (SSSR count). The second-order valence-electron chi connectivity index (χ2n) is 5.14. The van der Waals surface area contributed by atoms with Crippen LogP contribution in [0.3, 0.4) is 0 Å². The van der Waals surface area contributed by atoms with Gasteiger partial charge in [0.2, 0.25) is 0 Å². The highest BCUT2D eigenvalue weighted by molar-refractivity contribution is 9.10. The van der Waals surface area contributed by atoms with Crippen molar-refractivity contribution in [2.24, 2.45) is 0 Å². The zero-order valence-electron chi connectivity index (χ0n) is 12.2. The van der Waals surface area contributed by atoms with Gasteiger partial charge in [0.25, 0.3) is 0 Å². The predicted molar refractivity (Wildman–Crippen MR) is 83.8 cm³/mol. The van der Waals surface area contributed by atoms with Crippen molar-refractivity contribution in [3.05, 3.63) is 45.8 Å². The lowest BCUT2D eigenvalue weighted by atomic mass is 9.98. The zero-order valence-corrected chi connectivity index (χ0v) is 13.8. The molecule has 0 bridgehead atoms. The van der Waals surface area contributed by atoms with E-state index in [-0.39, 0.29) is 0 Å². The summed E-state index contributed by atoms with van der Waals surface area (Å²) in [7, 11) is 3.35. The Balaban J connectivity index is 1.78. The predicted octanol–water partition coefficient (Wildman–Crippen LogP) is 3.62. The maximum Gasteiger partial charge on any atom is 0.169 e. The van der Waals surface area contributed by atoms with Crippen LogP contribution in [0.25, 0.3) is 0 Å². The first-order valence-electron chi connectivity index (χ1n) is 6.90. The first kappa shape index (κ1) is 14.5. The molecule has 1 aliphatic heterocycles. The van der Waals surface area contributed by atoms with E-state index in [9.17, 15) is 0 Å². The van der Waals surface area contributed by atoms with E-state index >= 15 is 0 Å². The minimum absolute atomic E-state index is 0.779. The molecule has 0 amide bonds. The number of hydrogen-bond donors (Lipinski definition) is 0. The molecule has 0 atom stereocenters. The highest BCUT2D eigenvalue weighted by Gasteiger charge is 2.20. The van der Waals surface area contributed by atoms with Crippen molar-refractivity contribution in [2.75, 3.05) is 20.8 Å². The van der Waals surface area contributed by atoms with Gasteiger partial charge in [-0.2, -0.15) is 0 Å². The molecule has 1 aromatic carbocycles. The molecule has 1 aromatic heterocycles. The van der Waals surface area contributed by atoms with E-state index in [0.717, 1.165) is 48.0 Å². The van der Waals surface area contributed by atoms with E-state index in [4.69, 9.17) is 13.9 Å². The first-order valence-corrected chi connectivity index (χ1v) is 7.69. The number of methoxy groups -OCH3 is 2. The molecule has 0 spiro atoms. The Kier molecular flexibility index (Phi) is 4.22. The molecule has 2 aromatic rings. The fraction of sp³-hybridized carbons (Fsp3) is 0.375. The topological polar surface area (TPSA) is 34.8 Å². The minimum Gasteiger partial charge on any atom is -0.493 e. The van der Waals surface area contributed by atoms with Crippen molar-refractivity contribution >= 4 is 15.9 Å². The lowest BCUT2D eigenvalue weighted by Gasteiger charge is -2.28. The molecule has 21 heavy (non-hydrogen) atoms. The maximum absolute atomic E-state index is 5.59. The van der Waals surface area contributed by atoms with Gasteiger partial charge in [0.1, 0.15) is 5.76 Å². The minimum atomic E-state index is 0.779. The number of benzene rings is 1. The molecule has 112 valence electrons. The molecule has 0 N–H and O–H groups in total. The summed E-state index contributed by atoms with van der Waals surface area (Å²) in [6, 6.07) is 8.11. The Morgan fingerprint density at radius 3 is 2.48 bits per heavy atom. The molecule has 0 saturated carbocycles. The quantitative estimate of drug-likeness (QED) is 0.842. The van der Waals surface area contributed by atoms with Gasteiger partial charge in [-0.05, 0) is 57.7 Å². The number of furan rings is 1. The van der Waals surface area contributed by atoms with Crippen molar-refractivity contribution in [1.29, 1.82) is 0 Å². The van der Waals surface area contributed by atoms with Crippen LogP contribution in [0.5, 0.6) is 11.5 Å². The van der Waals surface area contributed by atoms with Crippen LogP contribution < -0.4 is 9.47 Å². The number of halogens is 1. The molecular formula is C16H18BrNO3. The average Bonchev–Trinajstić information content (AvgIpc) is 2.90. The van der Waals surface area contributed by atoms with Gasteiger partial charge in [0, 0.05) is 13.1 Å². The van der Waals surface area contributed by atoms with Gasteiger partial charge in [-0.25, -0.2) is 0 Å². The lowest BCUT2D eigenvalue weighted by molar-refractivity contribution is 0.223. The zero-order chi connectivity index (χ0) is 14.8. The smallest absolute Gasteiger partial charge is 0.169 e. The Bertz CT molecular complexity index is 638. The molecule has 0 saturated heterocycles. The van der Waals surface area contributed by atoms with E-state index in [1.807, 2.05) is 12.1 Å². The number of rotatable bonds is 4. The van der Waals surface area contributed by atoms with Crippen molar-refractivity contribution in [1.82, 2.24) is 4.90 Å². The molecule has 5 heteroatoms. The van der Waals surface area contributed by atoms with Crippen LogP contribution in [0.15, 0.2) is 33.4 Å². The van der Waals surface area contributed by atoms with Crippen molar-refractivity contribution in [3.8, 4) is 11.5 Å². The molecule has 0 radical (unpaired) electrons. The summed E-state index contributed by atoms with van der Waals surface area (Å²) in [6.45, 7) is 2.73. The monoisotopic (exact) mass is 351 g/mol. The molecular weight excluding hydrogens is 334 g/mol. The van der Waals surface area contributed by atoms with Crippen LogP contribution in [0, 0.1) is 0 Å². The van der Waals surface area contributed by atoms with Gasteiger partial charge >= 0.3 is 0 Å². The summed E-state index contributed by atoms with van der Waals surface area (Å²) in [5.74, 6) is 2.57. The van der Waals surface area contributed by atoms with Crippen molar-refractivity contribution in [2.45, 2.75) is 19.5 Å². The average molecular weight is 352 g/mol. The van der Waals surface area contributed by atoms with Gasteiger partial charge in [0.05, 0.1) is 20.8 Å². The normalized spacial score (nSPS) is 14.8. The van der Waals surface area contributed by atoms with Crippen LogP contribution in [-0.4, -0.2) is 25.7 Å². The van der Waals surface area contributed by atoms with Crippen LogP contribution in [0.1, 0.15) is 16.9 Å². The summed E-state index contributed by atoms with van der Waals surface area (Å²) in [5, 5.41) is 0. The fourth-order valence-electron chi connectivity index (χ4n) is 2.73. The third kappa shape index (κ3) is 3.09. The van der Waals surface area contributed by atoms with E-state index in [1.165, 1.54) is 11.1 Å². The summed E-state index contributed by atoms with van der Waals surface area (Å²) >= 11 is 3.34. The standard InChI is InChI=1S/C16H18BrNO3/c1-19-14-7-11-5-6-18(9-12(11)8-15(14)20-2)10-13-3-4-16(17)21-13/h3-4,7-8H,5-6,9-10H2,1-2H3. The molecule has 2 heterocycles. The SMILES string of the molecule is COc1cc2c(cc1OC)CN(Cc1ccc(Br)o1)CC2. The number of hydrogen-bond acceptors (Lipinski definition) is 4. The van der Waals surface area contributed by atoms with Gasteiger partial charge in [-0.3, -0.25) is 4.90 Å². The molecule has 0 unspecified atom stereocenters. The summed E-state index contributed by atoms with van der Waals surface area (Å²) < 4.78 is 17.1. The van der Waals surface area contributed by atoms with Crippen LogP contribution in [0.4, 0.5) is 0 Å². The highest BCUT2D eigenvalue weighted by Crippen LogP contribution is 2.33. The second kappa shape index (κ2) is 6.12. The van der Waals surface area contributed by atoms with Crippen LogP contribution >= 0.6 is 15.9 Å². The summed E-state index contributed by atoms with van der Waals surface area (Å²) in [5.41, 5.74) is 2.63. The van der Waals surface area contributed by atoms with Crippen LogP contribution in [-0.2, 0) is 19.5 Å². The lowest BCUT2D eigenvalue weighted by Crippen LogP contribution is -2.30. The Morgan fingerprint density at radius 1 is 1.14 bits per heavy atom. The molecule has 0 fully saturated rings. The van der Waals surface area contributed by atoms with Crippen molar-refractivity contribution < 1.29 is 13.9 Å². The van der Waals surface area contributed by atoms with Gasteiger partial charge < -0.3 is 13.9 Å². The molecule has 1 aliphatic rings. The third-order valence-electron chi connectivity index (χ3n) is 3.81. The summed E-state index contributed by atoms with van der Waals surface area (Å²) in [4.78, 5) is 2.37. The van der Waals surface area contributed by atoms with E-state index < -0.39 is 0 Å². The molecule has 4 nitrogen and oxygen atoms in total. The van der Waals surface area contributed by atoms with Crippen LogP contribution in [0.2, 0.25) is 0 Å². The van der Waals surface area contributed by atoms with Crippen molar-refractivity contribution in [3.63, 3.8) is 0 Å². The van der Waals surface area contributed by atoms with E-state index in [2.05, 4.69) is 33.0 Å². The van der Waals surface area contributed by atoms with Gasteiger partial charge in [0.15, 0.2) is 16.2 Å². The van der Waals surface area contributed by atoms with E-state index in [0.29, 0.717) is 0 Å². The van der Waals surface area contributed by atoms with Gasteiger partial charge in [-0.15, -0.1) is 0 Å². The summed E-state index contributed by atoms with van der Waals surface area (Å²) in [6.07, 6.45) is 1.01.